The zero-order valence-corrected chi connectivity index (χ0v) is 10.4. The van der Waals surface area contributed by atoms with E-state index in [9.17, 15) is 0 Å². The zero-order chi connectivity index (χ0) is 11.6. The van der Waals surface area contributed by atoms with E-state index in [1.165, 1.54) is 36.0 Å². The molecule has 0 amide bonds. The van der Waals surface area contributed by atoms with Crippen molar-refractivity contribution in [2.45, 2.75) is 51.0 Å². The Morgan fingerprint density at radius 1 is 1.00 bits per heavy atom. The Bertz CT molecular complexity index is 442. The van der Waals surface area contributed by atoms with Crippen molar-refractivity contribution >= 4 is 0 Å². The topological polar surface area (TPSA) is 38.0 Å². The zero-order valence-electron chi connectivity index (χ0n) is 10.4. The average molecular weight is 216 g/mol. The lowest BCUT2D eigenvalue weighted by molar-refractivity contribution is -0.0886. The molecule has 3 fully saturated rings. The maximum atomic E-state index is 5.59. The van der Waals surface area contributed by atoms with Crippen LogP contribution in [0.1, 0.15) is 41.5 Å². The molecule has 0 saturated heterocycles. The molecule has 0 aromatic heterocycles. The molecule has 1 aromatic carbocycles. The van der Waals surface area contributed by atoms with Crippen LogP contribution in [0.4, 0.5) is 0 Å². The molecule has 2 nitrogen and oxygen atoms in total. The van der Waals surface area contributed by atoms with E-state index < -0.39 is 0 Å². The Balaban J connectivity index is 1.95. The second-order valence-corrected chi connectivity index (χ2v) is 5.99. The summed E-state index contributed by atoms with van der Waals surface area (Å²) >= 11 is 0. The molecular formula is C14H20N2. The van der Waals surface area contributed by atoms with Gasteiger partial charge in [0.15, 0.2) is 0 Å². The highest BCUT2D eigenvalue weighted by Crippen LogP contribution is 2.67. The summed E-state index contributed by atoms with van der Waals surface area (Å²) in [7, 11) is 0. The van der Waals surface area contributed by atoms with Gasteiger partial charge < -0.3 is 0 Å². The third kappa shape index (κ3) is 1.09. The lowest BCUT2D eigenvalue weighted by Gasteiger charge is -2.71. The molecule has 0 aliphatic heterocycles. The van der Waals surface area contributed by atoms with Gasteiger partial charge >= 0.3 is 0 Å². The van der Waals surface area contributed by atoms with Crippen LogP contribution in [0.3, 0.4) is 0 Å². The number of rotatable bonds is 2. The van der Waals surface area contributed by atoms with Gasteiger partial charge in [-0.2, -0.15) is 0 Å². The normalized spacial score (nSPS) is 35.5. The van der Waals surface area contributed by atoms with Crippen molar-refractivity contribution in [2.75, 3.05) is 0 Å². The molecule has 2 bridgehead atoms. The first-order valence-corrected chi connectivity index (χ1v) is 6.06. The van der Waals surface area contributed by atoms with Gasteiger partial charge in [0.25, 0.3) is 0 Å². The van der Waals surface area contributed by atoms with Crippen LogP contribution in [0.25, 0.3) is 0 Å². The van der Waals surface area contributed by atoms with E-state index in [-0.39, 0.29) is 5.54 Å². The molecule has 3 N–H and O–H groups in total. The Hall–Kier alpha value is -0.860. The molecule has 0 radical (unpaired) electrons. The maximum Gasteiger partial charge on any atom is 0.0346 e. The van der Waals surface area contributed by atoms with Gasteiger partial charge in [-0.3, -0.25) is 11.3 Å². The van der Waals surface area contributed by atoms with Gasteiger partial charge in [-0.1, -0.05) is 12.1 Å². The van der Waals surface area contributed by atoms with Crippen LogP contribution in [-0.4, -0.2) is 5.54 Å². The minimum Gasteiger partial charge on any atom is -0.271 e. The highest BCUT2D eigenvalue weighted by molar-refractivity contribution is 5.48. The van der Waals surface area contributed by atoms with Gasteiger partial charge in [-0.05, 0) is 62.3 Å². The van der Waals surface area contributed by atoms with Crippen molar-refractivity contribution in [1.82, 2.24) is 5.43 Å². The number of hydrogen-bond donors (Lipinski definition) is 2. The number of nitrogens with one attached hydrogen (secondary N) is 1. The Morgan fingerprint density at radius 3 is 2.12 bits per heavy atom. The molecule has 0 atom stereocenters. The van der Waals surface area contributed by atoms with Crippen LogP contribution in [0.2, 0.25) is 0 Å². The van der Waals surface area contributed by atoms with E-state index in [1.807, 2.05) is 0 Å². The van der Waals surface area contributed by atoms with Crippen molar-refractivity contribution in [3.05, 3.63) is 34.4 Å². The fourth-order valence-corrected chi connectivity index (χ4v) is 3.76. The van der Waals surface area contributed by atoms with Crippen LogP contribution >= 0.6 is 0 Å². The molecule has 0 spiro atoms. The van der Waals surface area contributed by atoms with Crippen molar-refractivity contribution < 1.29 is 0 Å². The van der Waals surface area contributed by atoms with Crippen LogP contribution in [0, 0.1) is 20.8 Å². The van der Waals surface area contributed by atoms with Crippen LogP contribution in [0.15, 0.2) is 12.1 Å². The predicted octanol–water partition coefficient (Wildman–Crippen LogP) is 2.25. The Labute approximate surface area is 97.2 Å². The number of aryl methyl sites for hydroxylation is 3. The number of hydrazine groups is 1. The van der Waals surface area contributed by atoms with Crippen LogP contribution in [-0.2, 0) is 5.41 Å². The molecule has 86 valence electrons. The van der Waals surface area contributed by atoms with Gasteiger partial charge in [0, 0.05) is 11.0 Å². The summed E-state index contributed by atoms with van der Waals surface area (Å²) in [5, 5.41) is 0. The molecule has 2 heteroatoms. The first-order valence-electron chi connectivity index (χ1n) is 6.06. The van der Waals surface area contributed by atoms with Crippen molar-refractivity contribution in [3.8, 4) is 0 Å². The molecule has 3 aliphatic rings. The van der Waals surface area contributed by atoms with E-state index >= 15 is 0 Å². The lowest BCUT2D eigenvalue weighted by atomic mass is 9.37. The number of hydrogen-bond acceptors (Lipinski definition) is 2. The van der Waals surface area contributed by atoms with Crippen molar-refractivity contribution in [3.63, 3.8) is 0 Å². The molecular weight excluding hydrogens is 196 g/mol. The molecule has 4 rings (SSSR count). The highest BCUT2D eigenvalue weighted by Gasteiger charge is 2.68. The van der Waals surface area contributed by atoms with Crippen LogP contribution in [0.5, 0.6) is 0 Å². The third-order valence-electron chi connectivity index (χ3n) is 4.75. The quantitative estimate of drug-likeness (QED) is 0.588. The van der Waals surface area contributed by atoms with Crippen molar-refractivity contribution in [2.24, 2.45) is 5.84 Å². The lowest BCUT2D eigenvalue weighted by Crippen LogP contribution is -2.77. The molecule has 3 saturated carbocycles. The van der Waals surface area contributed by atoms with Gasteiger partial charge in [0.2, 0.25) is 0 Å². The average Bonchev–Trinajstić information content (AvgIpc) is 2.10. The summed E-state index contributed by atoms with van der Waals surface area (Å²) < 4.78 is 0. The fraction of sp³-hybridized carbons (Fsp3) is 0.571. The Morgan fingerprint density at radius 2 is 1.56 bits per heavy atom. The summed E-state index contributed by atoms with van der Waals surface area (Å²) in [6.45, 7) is 6.64. The summed E-state index contributed by atoms with van der Waals surface area (Å²) in [5.74, 6) is 5.59. The largest absolute Gasteiger partial charge is 0.271 e. The first-order chi connectivity index (χ1) is 7.50. The molecule has 1 aromatic rings. The Kier molecular flexibility index (Phi) is 1.85. The second kappa shape index (κ2) is 2.88. The minimum absolute atomic E-state index is 0.283. The third-order valence-corrected chi connectivity index (χ3v) is 4.75. The van der Waals surface area contributed by atoms with E-state index in [0.717, 1.165) is 0 Å². The summed E-state index contributed by atoms with van der Waals surface area (Å²) in [5.41, 5.74) is 9.55. The monoisotopic (exact) mass is 216 g/mol. The first kappa shape index (κ1) is 10.3. The fourth-order valence-electron chi connectivity index (χ4n) is 3.76. The van der Waals surface area contributed by atoms with Gasteiger partial charge in [0.1, 0.15) is 0 Å². The molecule has 3 aliphatic carbocycles. The molecule has 0 heterocycles. The van der Waals surface area contributed by atoms with Gasteiger partial charge in [-0.25, -0.2) is 0 Å². The van der Waals surface area contributed by atoms with Crippen molar-refractivity contribution in [1.29, 1.82) is 0 Å². The predicted molar refractivity (Wildman–Crippen MR) is 66.2 cm³/mol. The van der Waals surface area contributed by atoms with Gasteiger partial charge in [-0.15, -0.1) is 0 Å². The van der Waals surface area contributed by atoms with E-state index in [2.05, 4.69) is 38.3 Å². The SMILES string of the molecule is Cc1cc(C)c(C23CC(NN)(C2)C3)cc1C. The smallest absolute Gasteiger partial charge is 0.0346 e. The molecule has 16 heavy (non-hydrogen) atoms. The summed E-state index contributed by atoms with van der Waals surface area (Å²) in [6.07, 6.45) is 3.67. The maximum absolute atomic E-state index is 5.59. The summed E-state index contributed by atoms with van der Waals surface area (Å²) in [4.78, 5) is 0. The second-order valence-electron chi connectivity index (χ2n) is 5.99. The van der Waals surface area contributed by atoms with E-state index in [0.29, 0.717) is 5.41 Å². The molecule has 0 unspecified atom stereocenters. The number of nitrogens with two attached hydrogens (primary N) is 1. The van der Waals surface area contributed by atoms with E-state index in [1.54, 1.807) is 5.56 Å². The van der Waals surface area contributed by atoms with Gasteiger partial charge in [0.05, 0.1) is 0 Å². The van der Waals surface area contributed by atoms with Crippen LogP contribution < -0.4 is 11.3 Å². The number of benzene rings is 1. The van der Waals surface area contributed by atoms with E-state index in [4.69, 9.17) is 5.84 Å². The standard InChI is InChI=1S/C14H20N2/c1-9-4-11(3)12(5-10(9)2)13-6-14(7-13,8-13)16-15/h4-5,16H,6-8,15H2,1-3H3. The summed E-state index contributed by atoms with van der Waals surface area (Å²) in [6, 6.07) is 4.72. The highest BCUT2D eigenvalue weighted by atomic mass is 15.3. The minimum atomic E-state index is 0.283.